The molecule has 6 heteroatoms. The molecule has 0 saturated carbocycles. The van der Waals surface area contributed by atoms with Gasteiger partial charge >= 0.3 is 6.18 Å². The lowest BCUT2D eigenvalue weighted by Crippen LogP contribution is -2.43. The molecule has 0 fully saturated rings. The van der Waals surface area contributed by atoms with Gasteiger partial charge in [0.2, 0.25) is 12.4 Å². The third-order valence-electron chi connectivity index (χ3n) is 5.26. The molecule has 1 aromatic heterocycles. The van der Waals surface area contributed by atoms with Gasteiger partial charge in [-0.2, -0.15) is 17.9 Å². The van der Waals surface area contributed by atoms with Crippen LogP contribution in [0.15, 0.2) is 109 Å². The molecule has 0 N–H and O–H groups in total. The van der Waals surface area contributed by atoms with Crippen LogP contribution in [0.5, 0.6) is 0 Å². The summed E-state index contributed by atoms with van der Waals surface area (Å²) in [6.45, 7) is -0.220. The SMILES string of the molecule is [O-][n+]1cc(C(F)(F)F)ccc1/C=C(\B(c1ccccc1)c1ccccc1)c1ccccc1. The second-order valence-electron chi connectivity index (χ2n) is 7.39. The molecule has 32 heavy (non-hydrogen) atoms. The fraction of sp³-hybridized carbons (Fsp3) is 0.0385. The molecule has 0 aliphatic heterocycles. The lowest BCUT2D eigenvalue weighted by molar-refractivity contribution is -0.608. The molecule has 4 aromatic rings. The van der Waals surface area contributed by atoms with Crippen molar-refractivity contribution in [2.24, 2.45) is 0 Å². The van der Waals surface area contributed by atoms with Gasteiger partial charge in [-0.1, -0.05) is 107 Å². The average molecular weight is 429 g/mol. The van der Waals surface area contributed by atoms with Gasteiger partial charge in [0, 0.05) is 12.1 Å². The molecule has 3 aromatic carbocycles. The average Bonchev–Trinajstić information content (AvgIpc) is 2.81. The molecule has 0 aliphatic carbocycles. The van der Waals surface area contributed by atoms with Gasteiger partial charge in [-0.25, -0.2) is 0 Å². The first-order chi connectivity index (χ1) is 15.4. The molecule has 0 atom stereocenters. The topological polar surface area (TPSA) is 26.9 Å². The van der Waals surface area contributed by atoms with Gasteiger partial charge in [0.15, 0.2) is 6.20 Å². The van der Waals surface area contributed by atoms with E-state index in [1.165, 1.54) is 6.07 Å². The van der Waals surface area contributed by atoms with Crippen LogP contribution in [0.1, 0.15) is 16.8 Å². The van der Waals surface area contributed by atoms with Gasteiger partial charge in [0.05, 0.1) is 0 Å². The number of hydrogen-bond acceptors (Lipinski definition) is 1. The Kier molecular flexibility index (Phi) is 6.12. The molecule has 0 bridgehead atoms. The normalized spacial score (nSPS) is 11.9. The molecule has 0 radical (unpaired) electrons. The molecule has 0 amide bonds. The summed E-state index contributed by atoms with van der Waals surface area (Å²) in [4.78, 5) is 0. The Balaban J connectivity index is 1.93. The fourth-order valence-electron chi connectivity index (χ4n) is 3.74. The fourth-order valence-corrected chi connectivity index (χ4v) is 3.74. The van der Waals surface area contributed by atoms with Crippen LogP contribution >= 0.6 is 0 Å². The van der Waals surface area contributed by atoms with E-state index in [0.29, 0.717) is 6.20 Å². The van der Waals surface area contributed by atoms with Gasteiger partial charge in [-0.3, -0.25) is 0 Å². The molecule has 0 unspecified atom stereocenters. The van der Waals surface area contributed by atoms with Crippen LogP contribution < -0.4 is 15.7 Å². The summed E-state index contributed by atoms with van der Waals surface area (Å²) in [7, 11) is 0. The van der Waals surface area contributed by atoms with Crippen molar-refractivity contribution in [3.63, 3.8) is 0 Å². The third-order valence-corrected chi connectivity index (χ3v) is 5.26. The van der Waals surface area contributed by atoms with E-state index in [-0.39, 0.29) is 17.1 Å². The quantitative estimate of drug-likeness (QED) is 0.256. The summed E-state index contributed by atoms with van der Waals surface area (Å²) in [6, 6.07) is 31.4. The number of hydrogen-bond donors (Lipinski definition) is 0. The number of rotatable bonds is 5. The summed E-state index contributed by atoms with van der Waals surface area (Å²) >= 11 is 0. The number of aromatic nitrogens is 1. The van der Waals surface area contributed by atoms with Crippen molar-refractivity contribution in [3.05, 3.63) is 131 Å². The van der Waals surface area contributed by atoms with E-state index < -0.39 is 11.7 Å². The summed E-state index contributed by atoms with van der Waals surface area (Å²) < 4.78 is 39.4. The highest BCUT2D eigenvalue weighted by atomic mass is 19.4. The predicted octanol–water partition coefficient (Wildman–Crippen LogP) is 4.73. The first kappa shape index (κ1) is 21.4. The van der Waals surface area contributed by atoms with Gasteiger partial charge in [-0.15, -0.1) is 0 Å². The second-order valence-corrected chi connectivity index (χ2v) is 7.39. The summed E-state index contributed by atoms with van der Waals surface area (Å²) in [6.07, 6.45) is -2.32. The summed E-state index contributed by atoms with van der Waals surface area (Å²) in [5, 5.41) is 12.5. The zero-order chi connectivity index (χ0) is 22.6. The Morgan fingerprint density at radius 1 is 0.719 bits per heavy atom. The minimum Gasteiger partial charge on any atom is -0.618 e. The smallest absolute Gasteiger partial charge is 0.422 e. The van der Waals surface area contributed by atoms with Crippen LogP contribution in [0.4, 0.5) is 13.2 Å². The van der Waals surface area contributed by atoms with E-state index in [4.69, 9.17) is 0 Å². The Morgan fingerprint density at radius 3 is 1.69 bits per heavy atom. The minimum atomic E-state index is -4.58. The van der Waals surface area contributed by atoms with E-state index >= 15 is 0 Å². The summed E-state index contributed by atoms with van der Waals surface area (Å²) in [5.74, 6) is 0. The van der Waals surface area contributed by atoms with Crippen LogP contribution in [0, 0.1) is 5.21 Å². The maximum atomic E-state index is 13.0. The monoisotopic (exact) mass is 429 g/mol. The highest BCUT2D eigenvalue weighted by Crippen LogP contribution is 2.28. The molecule has 158 valence electrons. The van der Waals surface area contributed by atoms with Gasteiger partial charge in [0.25, 0.3) is 0 Å². The van der Waals surface area contributed by atoms with Crippen LogP contribution in [0.25, 0.3) is 11.5 Å². The molecule has 1 heterocycles. The Hall–Kier alpha value is -3.80. The van der Waals surface area contributed by atoms with E-state index in [1.54, 1.807) is 6.08 Å². The zero-order valence-electron chi connectivity index (χ0n) is 17.0. The molecular weight excluding hydrogens is 410 g/mol. The van der Waals surface area contributed by atoms with Crippen LogP contribution in [0.2, 0.25) is 0 Å². The Labute approximate surface area is 185 Å². The third kappa shape index (κ3) is 4.75. The first-order valence-corrected chi connectivity index (χ1v) is 10.1. The van der Waals surface area contributed by atoms with Crippen molar-refractivity contribution in [1.82, 2.24) is 0 Å². The zero-order valence-corrected chi connectivity index (χ0v) is 17.0. The Bertz CT molecular complexity index is 1170. The van der Waals surface area contributed by atoms with Crippen LogP contribution in [0.3, 0.4) is 0 Å². The maximum absolute atomic E-state index is 13.0. The van der Waals surface area contributed by atoms with Crippen molar-refractivity contribution in [2.75, 3.05) is 0 Å². The van der Waals surface area contributed by atoms with E-state index in [2.05, 4.69) is 0 Å². The largest absolute Gasteiger partial charge is 0.618 e. The van der Waals surface area contributed by atoms with E-state index in [1.807, 2.05) is 91.0 Å². The van der Waals surface area contributed by atoms with Crippen molar-refractivity contribution >= 4 is 29.2 Å². The van der Waals surface area contributed by atoms with Crippen LogP contribution in [-0.2, 0) is 6.18 Å². The number of benzene rings is 3. The number of pyridine rings is 1. The molecule has 0 saturated heterocycles. The highest BCUT2D eigenvalue weighted by Gasteiger charge is 2.33. The lowest BCUT2D eigenvalue weighted by Gasteiger charge is -2.19. The predicted molar refractivity (Wildman–Crippen MR) is 123 cm³/mol. The molecular formula is C26H19BF3NO. The minimum absolute atomic E-state index is 0.133. The van der Waals surface area contributed by atoms with Gasteiger partial charge in [0.1, 0.15) is 5.56 Å². The maximum Gasteiger partial charge on any atom is 0.422 e. The van der Waals surface area contributed by atoms with Crippen molar-refractivity contribution in [3.8, 4) is 0 Å². The van der Waals surface area contributed by atoms with Crippen LogP contribution in [-0.4, -0.2) is 6.71 Å². The highest BCUT2D eigenvalue weighted by molar-refractivity contribution is 7.00. The number of nitrogens with zero attached hydrogens (tertiary/aromatic N) is 1. The van der Waals surface area contributed by atoms with E-state index in [9.17, 15) is 18.4 Å². The number of alkyl halides is 3. The van der Waals surface area contributed by atoms with Gasteiger partial charge < -0.3 is 5.21 Å². The Morgan fingerprint density at radius 2 is 1.22 bits per heavy atom. The van der Waals surface area contributed by atoms with Crippen molar-refractivity contribution in [2.45, 2.75) is 6.18 Å². The first-order valence-electron chi connectivity index (χ1n) is 10.1. The molecule has 4 rings (SSSR count). The summed E-state index contributed by atoms with van der Waals surface area (Å²) in [5.41, 5.74) is 2.87. The molecule has 0 spiro atoms. The van der Waals surface area contributed by atoms with Gasteiger partial charge in [-0.05, 0) is 11.6 Å². The molecule has 2 nitrogen and oxygen atoms in total. The molecule has 0 aliphatic rings. The van der Waals surface area contributed by atoms with Crippen molar-refractivity contribution in [1.29, 1.82) is 0 Å². The second kappa shape index (κ2) is 9.14. The van der Waals surface area contributed by atoms with Crippen molar-refractivity contribution < 1.29 is 17.9 Å². The van der Waals surface area contributed by atoms with E-state index in [0.717, 1.165) is 28.0 Å². The lowest BCUT2D eigenvalue weighted by atomic mass is 9.35. The standard InChI is InChI=1S/C26H19BF3NO/c28-26(29,30)21-16-17-24(31(32)19-21)18-25(20-10-4-1-5-11-20)27(22-12-6-2-7-13-22)23-14-8-3-9-15-23/h1-19H/b25-18-. The number of halogens is 3.